The lowest BCUT2D eigenvalue weighted by Gasteiger charge is -2.34. The van der Waals surface area contributed by atoms with Gasteiger partial charge in [0.2, 0.25) is 0 Å². The molecule has 0 unspecified atom stereocenters. The molecule has 8 nitrogen and oxygen atoms in total. The van der Waals surface area contributed by atoms with Crippen molar-refractivity contribution < 1.29 is 9.53 Å². The van der Waals surface area contributed by atoms with Gasteiger partial charge in [-0.3, -0.25) is 14.8 Å². The van der Waals surface area contributed by atoms with Crippen molar-refractivity contribution in [2.24, 2.45) is 0 Å². The van der Waals surface area contributed by atoms with Gasteiger partial charge in [-0.1, -0.05) is 12.1 Å². The number of benzene rings is 1. The average Bonchev–Trinajstić information content (AvgIpc) is 3.41. The number of imidazole rings is 1. The second kappa shape index (κ2) is 8.48. The van der Waals surface area contributed by atoms with E-state index in [1.807, 2.05) is 54.5 Å². The molecule has 1 saturated heterocycles. The van der Waals surface area contributed by atoms with Crippen LogP contribution < -0.4 is 4.74 Å². The standard InChI is InChI=1S/C21H26N6O2/c1-16-22-6-7-26(16)11-8-25-9-12-27(13-10-25)21(28)20-15-19(23-24-20)17-4-3-5-18(14-17)29-2/h3-7,14-15H,8-13H2,1-2H3,(H,23,24). The maximum absolute atomic E-state index is 12.9. The van der Waals surface area contributed by atoms with Crippen LogP contribution in [0.2, 0.25) is 0 Å². The molecule has 29 heavy (non-hydrogen) atoms. The van der Waals surface area contributed by atoms with Gasteiger partial charge in [-0.15, -0.1) is 0 Å². The van der Waals surface area contributed by atoms with E-state index in [0.717, 1.165) is 62.1 Å². The highest BCUT2D eigenvalue weighted by molar-refractivity contribution is 5.93. The minimum atomic E-state index is -0.00301. The molecule has 1 amide bonds. The number of nitrogens with zero attached hydrogens (tertiary/aromatic N) is 5. The van der Waals surface area contributed by atoms with Crippen molar-refractivity contribution in [1.82, 2.24) is 29.5 Å². The summed E-state index contributed by atoms with van der Waals surface area (Å²) in [6.07, 6.45) is 3.84. The van der Waals surface area contributed by atoms with E-state index in [4.69, 9.17) is 4.74 Å². The Morgan fingerprint density at radius 1 is 1.17 bits per heavy atom. The summed E-state index contributed by atoms with van der Waals surface area (Å²) in [5, 5.41) is 7.21. The first-order chi connectivity index (χ1) is 14.1. The van der Waals surface area contributed by atoms with E-state index in [1.54, 1.807) is 7.11 Å². The smallest absolute Gasteiger partial charge is 0.271 e. The third kappa shape index (κ3) is 4.32. The van der Waals surface area contributed by atoms with Crippen LogP contribution in [0.1, 0.15) is 16.3 Å². The molecule has 8 heteroatoms. The van der Waals surface area contributed by atoms with Crippen LogP contribution in [-0.2, 0) is 6.54 Å². The second-order valence-corrected chi connectivity index (χ2v) is 7.20. The number of aromatic amines is 1. The maximum atomic E-state index is 12.9. The Kier molecular flexibility index (Phi) is 5.62. The van der Waals surface area contributed by atoms with Gasteiger partial charge >= 0.3 is 0 Å². The zero-order chi connectivity index (χ0) is 20.2. The van der Waals surface area contributed by atoms with Crippen LogP contribution in [0, 0.1) is 6.92 Å². The van der Waals surface area contributed by atoms with Crippen molar-refractivity contribution in [3.63, 3.8) is 0 Å². The minimum Gasteiger partial charge on any atom is -0.497 e. The number of rotatable bonds is 6. The third-order valence-electron chi connectivity index (χ3n) is 5.41. The predicted molar refractivity (Wildman–Crippen MR) is 110 cm³/mol. The Morgan fingerprint density at radius 3 is 2.72 bits per heavy atom. The van der Waals surface area contributed by atoms with Crippen LogP contribution in [-0.4, -0.2) is 75.3 Å². The lowest BCUT2D eigenvalue weighted by Crippen LogP contribution is -2.49. The first kappa shape index (κ1) is 19.2. The SMILES string of the molecule is COc1cccc(-c2cc(C(=O)N3CCN(CCn4ccnc4C)CC3)[nH]n2)c1. The summed E-state index contributed by atoms with van der Waals surface area (Å²) in [4.78, 5) is 21.4. The summed E-state index contributed by atoms with van der Waals surface area (Å²) in [5.74, 6) is 1.79. The fraction of sp³-hybridized carbons (Fsp3) is 0.381. The van der Waals surface area contributed by atoms with Crippen molar-refractivity contribution in [2.75, 3.05) is 39.8 Å². The van der Waals surface area contributed by atoms with Crippen LogP contribution in [0.25, 0.3) is 11.3 Å². The van der Waals surface area contributed by atoms with Gasteiger partial charge in [0.1, 0.15) is 17.3 Å². The van der Waals surface area contributed by atoms with Gasteiger partial charge in [0.05, 0.1) is 12.8 Å². The number of H-pyrrole nitrogens is 1. The molecule has 1 aliphatic heterocycles. The van der Waals surface area contributed by atoms with Gasteiger partial charge in [-0.25, -0.2) is 4.98 Å². The Balaban J connectivity index is 1.33. The number of nitrogens with one attached hydrogen (secondary N) is 1. The predicted octanol–water partition coefficient (Wildman–Crippen LogP) is 2.05. The lowest BCUT2D eigenvalue weighted by molar-refractivity contribution is 0.0627. The highest BCUT2D eigenvalue weighted by Crippen LogP contribution is 2.23. The van der Waals surface area contributed by atoms with Crippen LogP contribution in [0.5, 0.6) is 5.75 Å². The summed E-state index contributed by atoms with van der Waals surface area (Å²) in [6, 6.07) is 9.47. The Bertz CT molecular complexity index is 971. The molecule has 1 fully saturated rings. The fourth-order valence-electron chi connectivity index (χ4n) is 3.60. The normalized spacial score (nSPS) is 14.9. The van der Waals surface area contributed by atoms with E-state index >= 15 is 0 Å². The molecule has 3 aromatic rings. The Labute approximate surface area is 170 Å². The van der Waals surface area contributed by atoms with Gasteiger partial charge in [0.25, 0.3) is 5.91 Å². The number of carbonyl (C=O) groups excluding carboxylic acids is 1. The molecule has 0 atom stereocenters. The monoisotopic (exact) mass is 394 g/mol. The van der Waals surface area contributed by atoms with Crippen LogP contribution >= 0.6 is 0 Å². The molecule has 1 aliphatic rings. The highest BCUT2D eigenvalue weighted by atomic mass is 16.5. The Morgan fingerprint density at radius 2 is 2.00 bits per heavy atom. The molecular formula is C21H26N6O2. The van der Waals surface area contributed by atoms with Gasteiger partial charge in [-0.05, 0) is 25.1 Å². The summed E-state index contributed by atoms with van der Waals surface area (Å²) in [5.41, 5.74) is 2.17. The van der Waals surface area contributed by atoms with Crippen molar-refractivity contribution >= 4 is 5.91 Å². The lowest BCUT2D eigenvalue weighted by atomic mass is 10.1. The van der Waals surface area contributed by atoms with Crippen molar-refractivity contribution in [3.05, 3.63) is 54.2 Å². The van der Waals surface area contributed by atoms with Gasteiger partial charge < -0.3 is 14.2 Å². The third-order valence-corrected chi connectivity index (χ3v) is 5.41. The van der Waals surface area contributed by atoms with Gasteiger partial charge in [0, 0.05) is 57.2 Å². The number of piperazine rings is 1. The number of carbonyl (C=O) groups is 1. The van der Waals surface area contributed by atoms with Gasteiger partial charge in [-0.2, -0.15) is 5.10 Å². The number of hydrogen-bond acceptors (Lipinski definition) is 5. The molecule has 0 radical (unpaired) electrons. The van der Waals surface area contributed by atoms with Crippen LogP contribution in [0.4, 0.5) is 0 Å². The van der Waals surface area contributed by atoms with E-state index < -0.39 is 0 Å². The molecule has 1 aromatic carbocycles. The topological polar surface area (TPSA) is 79.3 Å². The Hall–Kier alpha value is -3.13. The molecule has 0 aliphatic carbocycles. The maximum Gasteiger partial charge on any atom is 0.271 e. The van der Waals surface area contributed by atoms with E-state index in [2.05, 4.69) is 24.6 Å². The van der Waals surface area contributed by atoms with E-state index in [1.165, 1.54) is 0 Å². The first-order valence-corrected chi connectivity index (χ1v) is 9.83. The quantitative estimate of drug-likeness (QED) is 0.692. The van der Waals surface area contributed by atoms with E-state index in [-0.39, 0.29) is 5.91 Å². The van der Waals surface area contributed by atoms with Crippen LogP contribution in [0.15, 0.2) is 42.7 Å². The number of ether oxygens (including phenoxy) is 1. The number of methoxy groups -OCH3 is 1. The number of aromatic nitrogens is 4. The molecule has 4 rings (SSSR count). The number of amides is 1. The number of hydrogen-bond donors (Lipinski definition) is 1. The average molecular weight is 394 g/mol. The zero-order valence-electron chi connectivity index (χ0n) is 16.8. The summed E-state index contributed by atoms with van der Waals surface area (Å²) < 4.78 is 7.42. The van der Waals surface area contributed by atoms with E-state index in [0.29, 0.717) is 5.69 Å². The molecule has 0 bridgehead atoms. The molecule has 0 saturated carbocycles. The fourth-order valence-corrected chi connectivity index (χ4v) is 3.60. The second-order valence-electron chi connectivity index (χ2n) is 7.20. The molecule has 3 heterocycles. The number of aryl methyl sites for hydroxylation is 1. The van der Waals surface area contributed by atoms with Crippen molar-refractivity contribution in [1.29, 1.82) is 0 Å². The summed E-state index contributed by atoms with van der Waals surface area (Å²) in [7, 11) is 1.63. The zero-order valence-corrected chi connectivity index (χ0v) is 16.8. The largest absolute Gasteiger partial charge is 0.497 e. The van der Waals surface area contributed by atoms with Crippen LogP contribution in [0.3, 0.4) is 0 Å². The first-order valence-electron chi connectivity index (χ1n) is 9.83. The van der Waals surface area contributed by atoms with E-state index in [9.17, 15) is 4.79 Å². The highest BCUT2D eigenvalue weighted by Gasteiger charge is 2.23. The molecule has 0 spiro atoms. The molecule has 1 N–H and O–H groups in total. The minimum absolute atomic E-state index is 0.00301. The summed E-state index contributed by atoms with van der Waals surface area (Å²) in [6.45, 7) is 7.07. The van der Waals surface area contributed by atoms with Crippen molar-refractivity contribution in [3.8, 4) is 17.0 Å². The van der Waals surface area contributed by atoms with Crippen molar-refractivity contribution in [2.45, 2.75) is 13.5 Å². The molecule has 2 aromatic heterocycles. The van der Waals surface area contributed by atoms with Gasteiger partial charge in [0.15, 0.2) is 0 Å². The molecular weight excluding hydrogens is 368 g/mol. The molecule has 152 valence electrons. The summed E-state index contributed by atoms with van der Waals surface area (Å²) >= 11 is 0.